The van der Waals surface area contributed by atoms with E-state index in [0.717, 1.165) is 0 Å². The van der Waals surface area contributed by atoms with Gasteiger partial charge in [0, 0.05) is 51.7 Å². The summed E-state index contributed by atoms with van der Waals surface area (Å²) in [4.78, 5) is 42.6. The molecule has 0 amide bonds. The number of rotatable bonds is 12. The van der Waals surface area contributed by atoms with Gasteiger partial charge in [-0.1, -0.05) is 27.7 Å². The molecule has 18 atom stereocenters. The van der Waals surface area contributed by atoms with Gasteiger partial charge < -0.3 is 58.0 Å². The van der Waals surface area contributed by atoms with Gasteiger partial charge in [-0.15, -0.1) is 0 Å². The number of likely N-dealkylation sites (N-methyl/N-ethyl adjacent to an activating group) is 1. The number of ketones is 1. The predicted molar refractivity (Wildman–Crippen MR) is 211 cm³/mol. The zero-order chi connectivity index (χ0) is 44.1. The van der Waals surface area contributed by atoms with Crippen molar-refractivity contribution in [3.05, 3.63) is 0 Å². The molecule has 16 heteroatoms. The van der Waals surface area contributed by atoms with Gasteiger partial charge >= 0.3 is 11.9 Å². The molecule has 338 valence electrons. The Balaban J connectivity index is 2.26. The van der Waals surface area contributed by atoms with Gasteiger partial charge in [0.05, 0.1) is 67.4 Å². The number of esters is 2. The lowest BCUT2D eigenvalue weighted by Gasteiger charge is -2.50. The number of aliphatic hydroxyl groups is 3. The summed E-state index contributed by atoms with van der Waals surface area (Å²) < 4.78 is 57.0. The number of methoxy groups -OCH3 is 2. The number of carbonyl (C=O) groups excluding carboxylic acids is 3. The van der Waals surface area contributed by atoms with Crippen LogP contribution in [0.3, 0.4) is 0 Å². The molecule has 3 saturated heterocycles. The number of cyclic esters (lactones) is 1. The molecule has 0 bridgehead atoms. The third-order valence-electron chi connectivity index (χ3n) is 12.9. The summed E-state index contributed by atoms with van der Waals surface area (Å²) >= 11 is 0. The van der Waals surface area contributed by atoms with Crippen LogP contribution in [-0.4, -0.2) is 164 Å². The van der Waals surface area contributed by atoms with E-state index in [4.69, 9.17) is 42.6 Å². The van der Waals surface area contributed by atoms with Crippen LogP contribution in [0.15, 0.2) is 0 Å². The summed E-state index contributed by atoms with van der Waals surface area (Å²) in [5, 5.41) is 32.9. The highest BCUT2D eigenvalue weighted by atomic mass is 16.7. The van der Waals surface area contributed by atoms with Gasteiger partial charge in [0.25, 0.3) is 0 Å². The summed E-state index contributed by atoms with van der Waals surface area (Å²) in [5.41, 5.74) is -4.28. The maximum absolute atomic E-state index is 14.4. The van der Waals surface area contributed by atoms with Crippen LogP contribution in [0, 0.1) is 23.7 Å². The number of Topliss-reactive ketones (excluding diaryl/α,β-unsaturated/α-hetero) is 1. The van der Waals surface area contributed by atoms with Gasteiger partial charge in [0.1, 0.15) is 23.1 Å². The van der Waals surface area contributed by atoms with E-state index in [0.29, 0.717) is 6.42 Å². The van der Waals surface area contributed by atoms with Crippen molar-refractivity contribution in [2.75, 3.05) is 41.5 Å². The Kier molecular flexibility index (Phi) is 18.1. The number of nitrogens with zero attached hydrogens (tertiary/aromatic N) is 1. The summed E-state index contributed by atoms with van der Waals surface area (Å²) in [6.45, 7) is 18.5. The molecule has 3 fully saturated rings. The maximum Gasteiger partial charge on any atom is 0.311 e. The van der Waals surface area contributed by atoms with Crippen molar-refractivity contribution in [1.29, 1.82) is 0 Å². The molecule has 0 radical (unpaired) electrons. The molecule has 16 nitrogen and oxygen atoms in total. The SMILES string of the molecule is CC[C@H]1OC(=O)[C@H](C)[C@@H](O[C@@H]2C[C@@](C)(OC)[C@@H](OC(C)=O)[C@H](C)O2)[C@H](C)[C@@H](O[C@@H]2O[C@H](C)C[C@@H](OCCO)[C@@H]2N(C)C)[C@@](C)(OC)C[C@@H](C)C(=O)[C@H](C)[C@@H](O)[C@]1(C)O. The van der Waals surface area contributed by atoms with Gasteiger partial charge in [-0.3, -0.25) is 19.3 Å². The molecule has 3 heterocycles. The molecule has 0 aromatic rings. The smallest absolute Gasteiger partial charge is 0.311 e. The Morgan fingerprint density at radius 2 is 1.52 bits per heavy atom. The van der Waals surface area contributed by atoms with E-state index >= 15 is 0 Å². The van der Waals surface area contributed by atoms with Gasteiger partial charge in [-0.05, 0) is 68.5 Å². The second-order valence-corrected chi connectivity index (χ2v) is 17.8. The van der Waals surface area contributed by atoms with Crippen LogP contribution in [0.2, 0.25) is 0 Å². The third-order valence-corrected chi connectivity index (χ3v) is 12.9. The lowest BCUT2D eigenvalue weighted by atomic mass is 9.74. The number of carbonyl (C=O) groups is 3. The number of hydrogen-bond acceptors (Lipinski definition) is 16. The molecule has 3 aliphatic rings. The minimum Gasteiger partial charge on any atom is -0.459 e. The van der Waals surface area contributed by atoms with Crippen molar-refractivity contribution in [3.63, 3.8) is 0 Å². The van der Waals surface area contributed by atoms with Gasteiger partial charge in [0.15, 0.2) is 18.7 Å². The highest BCUT2D eigenvalue weighted by molar-refractivity contribution is 5.83. The Labute approximate surface area is 345 Å². The highest BCUT2D eigenvalue weighted by Gasteiger charge is 2.55. The summed E-state index contributed by atoms with van der Waals surface area (Å²) in [7, 11) is 6.81. The Bertz CT molecular complexity index is 1350. The van der Waals surface area contributed by atoms with Gasteiger partial charge in [-0.25, -0.2) is 0 Å². The van der Waals surface area contributed by atoms with Crippen molar-refractivity contribution < 1.29 is 72.3 Å². The lowest BCUT2D eigenvalue weighted by Crippen LogP contribution is -2.62. The van der Waals surface area contributed by atoms with Crippen LogP contribution in [0.5, 0.6) is 0 Å². The maximum atomic E-state index is 14.4. The Morgan fingerprint density at radius 1 is 0.914 bits per heavy atom. The predicted octanol–water partition coefficient (Wildman–Crippen LogP) is 3.03. The van der Waals surface area contributed by atoms with Gasteiger partial charge in [-0.2, -0.15) is 0 Å². The molecule has 58 heavy (non-hydrogen) atoms. The van der Waals surface area contributed by atoms with Crippen LogP contribution >= 0.6 is 0 Å². The van der Waals surface area contributed by atoms with E-state index in [1.807, 2.05) is 39.8 Å². The summed E-state index contributed by atoms with van der Waals surface area (Å²) in [6.07, 6.45) is -7.84. The van der Waals surface area contributed by atoms with E-state index in [1.165, 1.54) is 28.1 Å². The van der Waals surface area contributed by atoms with Crippen molar-refractivity contribution in [2.45, 2.75) is 186 Å². The summed E-state index contributed by atoms with van der Waals surface area (Å²) in [5.74, 6) is -5.02. The number of ether oxygens (including phenoxy) is 9. The molecule has 3 rings (SSSR count). The first-order chi connectivity index (χ1) is 26.9. The minimum absolute atomic E-state index is 0.113. The average molecular weight is 834 g/mol. The lowest BCUT2D eigenvalue weighted by molar-refractivity contribution is -0.318. The first kappa shape index (κ1) is 50.5. The molecular weight excluding hydrogens is 758 g/mol. The third kappa shape index (κ3) is 11.3. The second-order valence-electron chi connectivity index (χ2n) is 17.8. The van der Waals surface area contributed by atoms with E-state index in [1.54, 1.807) is 41.5 Å². The molecule has 0 aromatic carbocycles. The Hall–Kier alpha value is -1.83. The normalized spacial score (nSPS) is 45.1. The second kappa shape index (κ2) is 20.8. The van der Waals surface area contributed by atoms with Crippen molar-refractivity contribution in [3.8, 4) is 0 Å². The molecule has 3 aliphatic heterocycles. The molecule has 0 saturated carbocycles. The Morgan fingerprint density at radius 3 is 2.05 bits per heavy atom. The van der Waals surface area contributed by atoms with Crippen molar-refractivity contribution in [1.82, 2.24) is 4.90 Å². The van der Waals surface area contributed by atoms with Crippen LogP contribution in [0.1, 0.15) is 102 Å². The van der Waals surface area contributed by atoms with Crippen LogP contribution in [0.4, 0.5) is 0 Å². The fourth-order valence-corrected chi connectivity index (χ4v) is 9.38. The largest absolute Gasteiger partial charge is 0.459 e. The van der Waals surface area contributed by atoms with E-state index in [2.05, 4.69) is 0 Å². The zero-order valence-electron chi connectivity index (χ0n) is 37.6. The van der Waals surface area contributed by atoms with E-state index < -0.39 is 108 Å². The van der Waals surface area contributed by atoms with Crippen molar-refractivity contribution >= 4 is 17.7 Å². The quantitative estimate of drug-likeness (QED) is 0.242. The van der Waals surface area contributed by atoms with Crippen LogP contribution < -0.4 is 0 Å². The molecule has 3 N–H and O–H groups in total. The summed E-state index contributed by atoms with van der Waals surface area (Å²) in [6, 6.07) is -0.448. The number of hydrogen-bond donors (Lipinski definition) is 3. The minimum atomic E-state index is -1.99. The zero-order valence-corrected chi connectivity index (χ0v) is 37.6. The van der Waals surface area contributed by atoms with E-state index in [9.17, 15) is 29.7 Å². The fraction of sp³-hybridized carbons (Fsp3) is 0.929. The first-order valence-corrected chi connectivity index (χ1v) is 20.9. The van der Waals surface area contributed by atoms with Crippen LogP contribution in [-0.2, 0) is 57.0 Å². The molecule has 0 unspecified atom stereocenters. The molecule has 0 aliphatic carbocycles. The average Bonchev–Trinajstić information content (AvgIpc) is 3.15. The van der Waals surface area contributed by atoms with E-state index in [-0.39, 0.29) is 50.5 Å². The van der Waals surface area contributed by atoms with Crippen molar-refractivity contribution in [2.24, 2.45) is 23.7 Å². The van der Waals surface area contributed by atoms with Crippen LogP contribution in [0.25, 0.3) is 0 Å². The molecule has 0 aromatic heterocycles. The first-order valence-electron chi connectivity index (χ1n) is 20.9. The fourth-order valence-electron chi connectivity index (χ4n) is 9.38. The monoisotopic (exact) mass is 834 g/mol. The molecule has 0 spiro atoms. The number of aliphatic hydroxyl groups excluding tert-OH is 2. The molecular formula is C42H75NO15. The van der Waals surface area contributed by atoms with Gasteiger partial charge in [0.2, 0.25) is 0 Å². The topological polar surface area (TPSA) is 198 Å². The standard InChI is InChI=1S/C42H75NO15/c1-16-30-42(11,49)35(47)24(4)33(46)22(2)20-40(9,50-14)36(58-39-32(43(12)13)29(52-18-17-44)19-23(3)53-39)25(5)34(26(6)38(48)56-30)57-31-21-41(10,51-15)37(27(7)54-31)55-28(8)45/h22-27,29-32,34-37,39,44,47,49H,16-21H2,1-15H3/t22-,23-,24+,25+,26-,27+,29-,30-,31-,32+,34+,35-,36-,37+,39+,40+,41-,42-/m1/s1. The highest BCUT2D eigenvalue weighted by Crippen LogP contribution is 2.42.